The van der Waals surface area contributed by atoms with Crippen molar-refractivity contribution in [2.45, 2.75) is 19.3 Å². The lowest BCUT2D eigenvalue weighted by molar-refractivity contribution is 0.507. The first-order valence-corrected chi connectivity index (χ1v) is 15.2. The van der Waals surface area contributed by atoms with Gasteiger partial charge in [-0.2, -0.15) is 9.98 Å². The van der Waals surface area contributed by atoms with Crippen LogP contribution in [0.25, 0.3) is 0 Å². The van der Waals surface area contributed by atoms with Crippen molar-refractivity contribution >= 4 is 46.6 Å². The zero-order chi connectivity index (χ0) is 36.7. The molecule has 1 atom stereocenters. The van der Waals surface area contributed by atoms with Crippen molar-refractivity contribution in [3.63, 3.8) is 0 Å². The number of nitrogens with zero attached hydrogens (tertiary/aromatic N) is 5. The second-order valence-electron chi connectivity index (χ2n) is 10.2. The lowest BCUT2D eigenvalue weighted by Gasteiger charge is -2.13. The number of rotatable bonds is 10. The molecule has 5 aromatic rings. The van der Waals surface area contributed by atoms with Crippen LogP contribution in [-0.2, 0) is 16.0 Å². The van der Waals surface area contributed by atoms with Gasteiger partial charge in [-0.05, 0) is 126 Å². The molecule has 51 heavy (non-hydrogen) atoms. The predicted molar refractivity (Wildman–Crippen MR) is 199 cm³/mol. The van der Waals surface area contributed by atoms with Gasteiger partial charge in [0.15, 0.2) is 0 Å². The van der Waals surface area contributed by atoms with Gasteiger partial charge in [-0.3, -0.25) is 0 Å². The molecular weight excluding hydrogens is 638 g/mol. The number of carbonyl (C=O) groups excluding carboxylic acids is 2. The molecule has 0 aromatic heterocycles. The summed E-state index contributed by atoms with van der Waals surface area (Å²) in [7, 11) is 0. The zero-order valence-corrected chi connectivity index (χ0v) is 27.7. The minimum absolute atomic E-state index is 0.228. The van der Waals surface area contributed by atoms with Gasteiger partial charge in [0.25, 0.3) is 6.26 Å². The van der Waals surface area contributed by atoms with Crippen molar-refractivity contribution < 1.29 is 19.1 Å². The van der Waals surface area contributed by atoms with E-state index in [-0.39, 0.29) is 5.92 Å². The standard InChI is InChI=1S/C17H13NO2.C16H12N2O.C9H6N2O/c1-3-19-16-8-4-14(5-9-16)13(2)15-6-10-17(11-7-15)20-12-18;1-2-17-15-7-3-13(4-8-15)11-14-5-9-16(10-6-14)18-12-19;1-2-10-8-3-5-9(6-4-8)11-7-12/h1,4-11,13H,2H3;3-10H,1,11H2;3-6H,1H2. The van der Waals surface area contributed by atoms with E-state index in [1.54, 1.807) is 54.8 Å². The number of aliphatic imine (C=N–C) groups is 4. The first kappa shape index (κ1) is 37.9. The molecule has 0 spiro atoms. The maximum atomic E-state index is 10.1. The SMILES string of the molecule is C#COc1ccc(C(C)c2ccc(OC#N)cc2)cc1.C=C=Nc1ccc(Cc2ccc(N=C=O)cc2)cc1.C=C=Nc1ccc(N=C=O)cc1. The summed E-state index contributed by atoms with van der Waals surface area (Å²) in [5.41, 5.74) is 7.40. The second kappa shape index (κ2) is 21.3. The van der Waals surface area contributed by atoms with E-state index < -0.39 is 0 Å². The highest BCUT2D eigenvalue weighted by molar-refractivity contribution is 5.59. The third kappa shape index (κ3) is 13.2. The molecule has 9 nitrogen and oxygen atoms in total. The number of benzene rings is 5. The van der Waals surface area contributed by atoms with Gasteiger partial charge in [0, 0.05) is 5.92 Å². The second-order valence-corrected chi connectivity index (χ2v) is 10.2. The summed E-state index contributed by atoms with van der Waals surface area (Å²) in [4.78, 5) is 34.7. The number of ether oxygens (including phenoxy) is 2. The molecule has 0 bridgehead atoms. The fourth-order valence-electron chi connectivity index (χ4n) is 4.46. The highest BCUT2D eigenvalue weighted by Gasteiger charge is 2.09. The Hall–Kier alpha value is -7.59. The third-order valence-electron chi connectivity index (χ3n) is 7.00. The molecule has 0 aliphatic heterocycles. The lowest BCUT2D eigenvalue weighted by atomic mass is 9.93. The van der Waals surface area contributed by atoms with Crippen LogP contribution in [0, 0.1) is 24.0 Å². The van der Waals surface area contributed by atoms with E-state index >= 15 is 0 Å². The fourth-order valence-corrected chi connectivity index (χ4v) is 4.46. The van der Waals surface area contributed by atoms with E-state index in [4.69, 9.17) is 21.2 Å². The van der Waals surface area contributed by atoms with Crippen molar-refractivity contribution in [2.24, 2.45) is 20.0 Å². The van der Waals surface area contributed by atoms with Crippen LogP contribution in [0.5, 0.6) is 11.5 Å². The first-order valence-electron chi connectivity index (χ1n) is 15.2. The molecule has 0 amide bonds. The molecule has 1 unspecified atom stereocenters. The molecule has 0 radical (unpaired) electrons. The summed E-state index contributed by atoms with van der Waals surface area (Å²) in [6, 6.07) is 37.3. The van der Waals surface area contributed by atoms with Crippen LogP contribution in [-0.4, -0.2) is 23.9 Å². The number of hydrogen-bond donors (Lipinski definition) is 0. The third-order valence-corrected chi connectivity index (χ3v) is 7.00. The molecule has 0 heterocycles. The topological polar surface area (TPSA) is 126 Å². The van der Waals surface area contributed by atoms with E-state index in [2.05, 4.69) is 57.9 Å². The van der Waals surface area contributed by atoms with Crippen LogP contribution in [0.3, 0.4) is 0 Å². The Morgan fingerprint density at radius 2 is 0.941 bits per heavy atom. The Morgan fingerprint density at radius 3 is 1.27 bits per heavy atom. The summed E-state index contributed by atoms with van der Waals surface area (Å²) in [5.74, 6) is 6.33. The number of hydrogen-bond acceptors (Lipinski definition) is 9. The van der Waals surface area contributed by atoms with Crippen LogP contribution in [0.15, 0.2) is 154 Å². The van der Waals surface area contributed by atoms with Crippen LogP contribution in [0.1, 0.15) is 35.1 Å². The first-order chi connectivity index (χ1) is 24.9. The van der Waals surface area contributed by atoms with Gasteiger partial charge in [0.05, 0.1) is 22.7 Å². The average Bonchev–Trinajstić information content (AvgIpc) is 3.16. The van der Waals surface area contributed by atoms with E-state index in [0.717, 1.165) is 34.5 Å². The average molecular weight is 670 g/mol. The molecule has 0 aliphatic rings. The Balaban J connectivity index is 0.000000213. The van der Waals surface area contributed by atoms with Crippen LogP contribution >= 0.6 is 0 Å². The zero-order valence-electron chi connectivity index (χ0n) is 27.7. The van der Waals surface area contributed by atoms with E-state index in [1.165, 1.54) is 17.7 Å². The van der Waals surface area contributed by atoms with Crippen molar-refractivity contribution in [1.29, 1.82) is 5.26 Å². The van der Waals surface area contributed by atoms with Gasteiger partial charge >= 0.3 is 0 Å². The van der Waals surface area contributed by atoms with Gasteiger partial charge in [0.2, 0.25) is 12.2 Å². The molecule has 9 heteroatoms. The highest BCUT2D eigenvalue weighted by Crippen LogP contribution is 2.27. The monoisotopic (exact) mass is 669 g/mol. The molecule has 248 valence electrons. The quantitative estimate of drug-likeness (QED) is 0.0634. The molecule has 5 rings (SSSR count). The van der Waals surface area contributed by atoms with Crippen LogP contribution in [0.4, 0.5) is 22.7 Å². The van der Waals surface area contributed by atoms with Crippen LogP contribution in [0.2, 0.25) is 0 Å². The van der Waals surface area contributed by atoms with Crippen LogP contribution < -0.4 is 9.47 Å². The van der Waals surface area contributed by atoms with E-state index in [0.29, 0.717) is 22.9 Å². The van der Waals surface area contributed by atoms with Crippen molar-refractivity contribution in [3.05, 3.63) is 157 Å². The molecule has 0 fully saturated rings. The van der Waals surface area contributed by atoms with Gasteiger partial charge in [-0.25, -0.2) is 19.6 Å². The minimum atomic E-state index is 0.228. The van der Waals surface area contributed by atoms with E-state index in [9.17, 15) is 9.59 Å². The number of isocyanates is 2. The highest BCUT2D eigenvalue weighted by atomic mass is 16.5. The Morgan fingerprint density at radius 1 is 0.588 bits per heavy atom. The van der Waals surface area contributed by atoms with E-state index in [1.807, 2.05) is 72.8 Å². The number of nitriles is 1. The van der Waals surface area contributed by atoms with Gasteiger partial charge in [-0.1, -0.05) is 61.9 Å². The molecule has 0 saturated heterocycles. The largest absolute Gasteiger partial charge is 0.408 e. The predicted octanol–water partition coefficient (Wildman–Crippen LogP) is 9.54. The fraction of sp³-hybridized carbons (Fsp3) is 0.0714. The lowest BCUT2D eigenvalue weighted by Crippen LogP contribution is -1.96. The van der Waals surface area contributed by atoms with Gasteiger partial charge in [-0.15, -0.1) is 5.26 Å². The maximum Gasteiger partial charge on any atom is 0.292 e. The molecule has 0 aliphatic carbocycles. The van der Waals surface area contributed by atoms with Crippen molar-refractivity contribution in [1.82, 2.24) is 0 Å². The van der Waals surface area contributed by atoms with Gasteiger partial charge < -0.3 is 9.47 Å². The molecule has 5 aromatic carbocycles. The summed E-state index contributed by atoms with van der Waals surface area (Å²) in [5, 5.41) is 8.45. The molecule has 0 saturated carbocycles. The van der Waals surface area contributed by atoms with Gasteiger partial charge in [0.1, 0.15) is 17.6 Å². The minimum Gasteiger partial charge on any atom is -0.408 e. The normalized spacial score (nSPS) is 9.63. The summed E-state index contributed by atoms with van der Waals surface area (Å²) in [6.07, 6.45) is 12.7. The summed E-state index contributed by atoms with van der Waals surface area (Å²) < 4.78 is 9.73. The van der Waals surface area contributed by atoms with Crippen molar-refractivity contribution in [3.8, 4) is 30.3 Å². The maximum absolute atomic E-state index is 10.1. The molecule has 0 N–H and O–H groups in total. The Kier molecular flexibility index (Phi) is 15.8. The van der Waals surface area contributed by atoms with Crippen molar-refractivity contribution in [2.75, 3.05) is 0 Å². The Bertz CT molecular complexity index is 1980. The summed E-state index contributed by atoms with van der Waals surface area (Å²) >= 11 is 0. The summed E-state index contributed by atoms with van der Waals surface area (Å²) in [6.45, 7) is 8.89. The smallest absolute Gasteiger partial charge is 0.292 e. The number of terminal acetylenes is 1. The Labute approximate surface area is 296 Å². The molecular formula is C42H31N5O4.